The molecular weight excluding hydrogens is 382 g/mol. The predicted molar refractivity (Wildman–Crippen MR) is 126 cm³/mol. The van der Waals surface area contributed by atoms with Crippen LogP contribution in [0.25, 0.3) is 0 Å². The van der Waals surface area contributed by atoms with Gasteiger partial charge in [-0.15, -0.1) is 11.3 Å². The topological polar surface area (TPSA) is 27.3 Å². The van der Waals surface area contributed by atoms with Crippen molar-refractivity contribution in [1.82, 2.24) is 10.2 Å². The molecule has 0 unspecified atom stereocenters. The zero-order valence-electron chi connectivity index (χ0n) is 17.7. The number of thiocarbonyl (C=S) groups is 1. The Kier molecular flexibility index (Phi) is 6.47. The van der Waals surface area contributed by atoms with Crippen molar-refractivity contribution >= 4 is 34.4 Å². The maximum atomic E-state index is 5.97. The van der Waals surface area contributed by atoms with Gasteiger partial charge in [-0.25, -0.2) is 0 Å². The number of nitrogens with one attached hydrogen (secondary N) is 2. The quantitative estimate of drug-likeness (QED) is 0.602. The summed E-state index contributed by atoms with van der Waals surface area (Å²) in [7, 11) is 0. The number of aryl methyl sites for hydroxylation is 1. The zero-order chi connectivity index (χ0) is 20.4. The largest absolute Gasteiger partial charge is 0.341 e. The average molecular weight is 416 g/mol. The van der Waals surface area contributed by atoms with Gasteiger partial charge in [0.1, 0.15) is 0 Å². The lowest BCUT2D eigenvalue weighted by Gasteiger charge is -2.50. The predicted octanol–water partition coefficient (Wildman–Crippen LogP) is 5.82. The molecule has 2 heterocycles. The normalized spacial score (nSPS) is 18.6. The third-order valence-corrected chi connectivity index (χ3v) is 6.61. The van der Waals surface area contributed by atoms with E-state index >= 15 is 0 Å². The van der Waals surface area contributed by atoms with E-state index in [1.807, 2.05) is 0 Å². The highest BCUT2D eigenvalue weighted by Crippen LogP contribution is 2.33. The molecule has 3 nitrogen and oxygen atoms in total. The number of para-hydroxylation sites is 1. The lowest BCUT2D eigenvalue weighted by Crippen LogP contribution is -2.63. The summed E-state index contributed by atoms with van der Waals surface area (Å²) >= 11 is 7.77. The highest BCUT2D eigenvalue weighted by Gasteiger charge is 2.40. The standard InChI is InChI=1S/C23H33N3S2/c1-6-17-10-7-8-12-20(17)24-21(27)26(16-19-11-9-13-28-19)18-14-22(2,3)25-23(4,5)15-18/h7-13,18,25H,6,14-16H2,1-5H3,(H,24,27). The van der Waals surface area contributed by atoms with Crippen LogP contribution in [0.5, 0.6) is 0 Å². The molecule has 28 heavy (non-hydrogen) atoms. The van der Waals surface area contributed by atoms with Gasteiger partial charge in [-0.3, -0.25) is 0 Å². The van der Waals surface area contributed by atoms with Crippen LogP contribution in [-0.2, 0) is 13.0 Å². The molecule has 1 saturated heterocycles. The molecular formula is C23H33N3S2. The molecule has 1 aromatic carbocycles. The first-order chi connectivity index (χ1) is 13.2. The van der Waals surface area contributed by atoms with Crippen LogP contribution in [0.2, 0.25) is 0 Å². The minimum Gasteiger partial charge on any atom is -0.341 e. The summed E-state index contributed by atoms with van der Waals surface area (Å²) in [5.74, 6) is 0. The van der Waals surface area contributed by atoms with E-state index in [-0.39, 0.29) is 11.1 Å². The number of rotatable bonds is 5. The number of hydrogen-bond acceptors (Lipinski definition) is 3. The van der Waals surface area contributed by atoms with Gasteiger partial charge in [-0.1, -0.05) is 31.2 Å². The van der Waals surface area contributed by atoms with Crippen LogP contribution < -0.4 is 10.6 Å². The van der Waals surface area contributed by atoms with Crippen molar-refractivity contribution in [3.63, 3.8) is 0 Å². The molecule has 1 aromatic heterocycles. The number of anilines is 1. The van der Waals surface area contributed by atoms with Crippen LogP contribution in [-0.4, -0.2) is 27.1 Å². The van der Waals surface area contributed by atoms with E-state index in [2.05, 4.69) is 91.9 Å². The second kappa shape index (κ2) is 8.52. The van der Waals surface area contributed by atoms with Gasteiger partial charge < -0.3 is 15.5 Å². The van der Waals surface area contributed by atoms with Crippen molar-refractivity contribution in [2.24, 2.45) is 0 Å². The number of hydrogen-bond donors (Lipinski definition) is 2. The number of piperidine rings is 1. The average Bonchev–Trinajstić information content (AvgIpc) is 3.10. The molecule has 0 aliphatic carbocycles. The summed E-state index contributed by atoms with van der Waals surface area (Å²) in [5, 5.41) is 10.3. The second-order valence-electron chi connectivity index (χ2n) is 9.10. The van der Waals surface area contributed by atoms with Gasteiger partial charge in [0.2, 0.25) is 0 Å². The molecule has 1 aliphatic heterocycles. The third kappa shape index (κ3) is 5.34. The van der Waals surface area contributed by atoms with Crippen LogP contribution in [0.1, 0.15) is 57.9 Å². The molecule has 0 spiro atoms. The maximum absolute atomic E-state index is 5.97. The Bertz CT molecular complexity index is 780. The molecule has 2 N–H and O–H groups in total. The number of benzene rings is 1. The second-order valence-corrected chi connectivity index (χ2v) is 10.5. The van der Waals surface area contributed by atoms with Crippen molar-refractivity contribution in [2.75, 3.05) is 5.32 Å². The van der Waals surface area contributed by atoms with E-state index in [0.29, 0.717) is 6.04 Å². The van der Waals surface area contributed by atoms with Gasteiger partial charge in [0.05, 0.1) is 6.54 Å². The lowest BCUT2D eigenvalue weighted by atomic mass is 9.79. The molecule has 1 fully saturated rings. The minimum absolute atomic E-state index is 0.0804. The monoisotopic (exact) mass is 415 g/mol. The Balaban J connectivity index is 1.87. The molecule has 0 atom stereocenters. The Labute approximate surface area is 179 Å². The Morgan fingerprint density at radius 2 is 1.82 bits per heavy atom. The van der Waals surface area contributed by atoms with Gasteiger partial charge >= 0.3 is 0 Å². The first kappa shape index (κ1) is 21.3. The summed E-state index contributed by atoms with van der Waals surface area (Å²) < 4.78 is 0. The molecule has 5 heteroatoms. The van der Waals surface area contributed by atoms with E-state index < -0.39 is 0 Å². The van der Waals surface area contributed by atoms with Crippen molar-refractivity contribution in [1.29, 1.82) is 0 Å². The van der Waals surface area contributed by atoms with E-state index in [1.165, 1.54) is 10.4 Å². The van der Waals surface area contributed by atoms with Gasteiger partial charge in [0.25, 0.3) is 0 Å². The van der Waals surface area contributed by atoms with Crippen molar-refractivity contribution < 1.29 is 0 Å². The summed E-state index contributed by atoms with van der Waals surface area (Å²) in [6.45, 7) is 12.2. The molecule has 1 aliphatic rings. The van der Waals surface area contributed by atoms with Gasteiger partial charge in [0.15, 0.2) is 5.11 Å². The zero-order valence-corrected chi connectivity index (χ0v) is 19.3. The van der Waals surface area contributed by atoms with Crippen LogP contribution >= 0.6 is 23.6 Å². The Morgan fingerprint density at radius 3 is 2.43 bits per heavy atom. The number of nitrogens with zero attached hydrogens (tertiary/aromatic N) is 1. The van der Waals surface area contributed by atoms with Crippen LogP contribution in [0.4, 0.5) is 5.69 Å². The van der Waals surface area contributed by atoms with Crippen molar-refractivity contribution in [3.8, 4) is 0 Å². The third-order valence-electron chi connectivity index (χ3n) is 5.42. The lowest BCUT2D eigenvalue weighted by molar-refractivity contribution is 0.102. The van der Waals surface area contributed by atoms with Gasteiger partial charge in [0, 0.05) is 27.7 Å². The highest BCUT2D eigenvalue weighted by molar-refractivity contribution is 7.80. The molecule has 3 rings (SSSR count). The molecule has 0 saturated carbocycles. The molecule has 0 radical (unpaired) electrons. The van der Waals surface area contributed by atoms with Gasteiger partial charge in [-0.2, -0.15) is 0 Å². The fraction of sp³-hybridized carbons (Fsp3) is 0.522. The summed E-state index contributed by atoms with van der Waals surface area (Å²) in [4.78, 5) is 3.76. The van der Waals surface area contributed by atoms with Gasteiger partial charge in [-0.05, 0) is 82.3 Å². The van der Waals surface area contributed by atoms with Crippen LogP contribution in [0.3, 0.4) is 0 Å². The summed E-state index contributed by atoms with van der Waals surface area (Å²) in [6.07, 6.45) is 3.13. The van der Waals surface area contributed by atoms with E-state index in [0.717, 1.165) is 36.6 Å². The first-order valence-corrected chi connectivity index (χ1v) is 11.5. The highest BCUT2D eigenvalue weighted by atomic mass is 32.1. The minimum atomic E-state index is 0.0804. The number of thiophene rings is 1. The summed E-state index contributed by atoms with van der Waals surface area (Å²) in [6, 6.07) is 13.2. The molecule has 152 valence electrons. The fourth-order valence-electron chi connectivity index (χ4n) is 4.56. The van der Waals surface area contributed by atoms with Crippen LogP contribution in [0.15, 0.2) is 41.8 Å². The molecule has 0 bridgehead atoms. The Morgan fingerprint density at radius 1 is 1.14 bits per heavy atom. The molecule has 2 aromatic rings. The summed E-state index contributed by atoms with van der Waals surface area (Å²) in [5.41, 5.74) is 2.58. The van der Waals surface area contributed by atoms with E-state index in [1.54, 1.807) is 11.3 Å². The smallest absolute Gasteiger partial charge is 0.174 e. The van der Waals surface area contributed by atoms with Crippen molar-refractivity contribution in [2.45, 2.75) is 77.5 Å². The van der Waals surface area contributed by atoms with E-state index in [9.17, 15) is 0 Å². The van der Waals surface area contributed by atoms with Crippen LogP contribution in [0, 0.1) is 0 Å². The fourth-order valence-corrected chi connectivity index (χ4v) is 5.59. The van der Waals surface area contributed by atoms with E-state index in [4.69, 9.17) is 12.2 Å². The van der Waals surface area contributed by atoms with Crippen molar-refractivity contribution in [3.05, 3.63) is 52.2 Å². The molecule has 0 amide bonds. The Hall–Kier alpha value is -1.43. The maximum Gasteiger partial charge on any atom is 0.174 e. The first-order valence-electron chi connectivity index (χ1n) is 10.2. The SMILES string of the molecule is CCc1ccccc1NC(=S)N(Cc1cccs1)C1CC(C)(C)NC(C)(C)C1.